The number of fused-ring (bicyclic) bond motifs is 18. The predicted octanol–water partition coefficient (Wildman–Crippen LogP) is 16.9. The van der Waals surface area contributed by atoms with Crippen molar-refractivity contribution < 1.29 is 0 Å². The first kappa shape index (κ1) is 35.3. The topological polar surface area (TPSA) is 3.24 Å². The molecule has 0 fully saturated rings. The zero-order chi connectivity index (χ0) is 41.9. The van der Waals surface area contributed by atoms with E-state index in [9.17, 15) is 0 Å². The van der Waals surface area contributed by atoms with Crippen LogP contribution in [0.2, 0.25) is 0 Å². The standard InChI is InChI=1S/C63H39N/c1-2-18-42-36-43(33-32-40(42)16-1)64(44-34-35-51-49-23-6-5-21-47(49)48-22-7-8-24-50(48)55(51)37-44)62-39-61-56(38-57(62)46-28-15-19-41-17-3-4-20-45(41)46)54-27-11-14-31-60(54)63(61)58-29-12-9-25-52(58)53-26-10-13-30-59(53)63/h1-39H. The van der Waals surface area contributed by atoms with Crippen LogP contribution in [0.3, 0.4) is 0 Å². The lowest BCUT2D eigenvalue weighted by Crippen LogP contribution is -2.26. The van der Waals surface area contributed by atoms with E-state index < -0.39 is 5.41 Å². The van der Waals surface area contributed by atoms with Gasteiger partial charge in [0.25, 0.3) is 0 Å². The lowest BCUT2D eigenvalue weighted by molar-refractivity contribution is 0.794. The highest BCUT2D eigenvalue weighted by molar-refractivity contribution is 6.26. The molecule has 2 aliphatic carbocycles. The first-order valence-electron chi connectivity index (χ1n) is 22.3. The highest BCUT2D eigenvalue weighted by Gasteiger charge is 2.52. The van der Waals surface area contributed by atoms with Crippen molar-refractivity contribution in [1.82, 2.24) is 0 Å². The van der Waals surface area contributed by atoms with Crippen molar-refractivity contribution in [2.75, 3.05) is 4.90 Å². The molecule has 0 saturated carbocycles. The Morgan fingerprint density at radius 1 is 0.234 bits per heavy atom. The van der Waals surface area contributed by atoms with Crippen molar-refractivity contribution >= 4 is 70.9 Å². The van der Waals surface area contributed by atoms with E-state index in [1.54, 1.807) is 0 Å². The third-order valence-corrected chi connectivity index (χ3v) is 14.4. The van der Waals surface area contributed by atoms with Crippen molar-refractivity contribution in [2.24, 2.45) is 0 Å². The average Bonchev–Trinajstić information content (AvgIpc) is 3.83. The predicted molar refractivity (Wildman–Crippen MR) is 270 cm³/mol. The van der Waals surface area contributed by atoms with Crippen LogP contribution in [-0.4, -0.2) is 0 Å². The smallest absolute Gasteiger partial charge is 0.0726 e. The highest BCUT2D eigenvalue weighted by atomic mass is 15.1. The minimum Gasteiger partial charge on any atom is -0.310 e. The summed E-state index contributed by atoms with van der Waals surface area (Å²) in [7, 11) is 0. The van der Waals surface area contributed by atoms with Crippen molar-refractivity contribution in [2.45, 2.75) is 5.41 Å². The summed E-state index contributed by atoms with van der Waals surface area (Å²) in [4.78, 5) is 2.55. The van der Waals surface area contributed by atoms with Crippen LogP contribution in [0.25, 0.3) is 87.2 Å². The first-order chi connectivity index (χ1) is 31.8. The molecule has 64 heavy (non-hydrogen) atoms. The van der Waals surface area contributed by atoms with Crippen LogP contribution in [0.1, 0.15) is 22.3 Å². The largest absolute Gasteiger partial charge is 0.310 e. The van der Waals surface area contributed by atoms with Gasteiger partial charge in [0.2, 0.25) is 0 Å². The van der Waals surface area contributed by atoms with Crippen molar-refractivity contribution in [3.8, 4) is 33.4 Å². The van der Waals surface area contributed by atoms with E-state index in [1.165, 1.54) is 109 Å². The Hall–Kier alpha value is -8.26. The summed E-state index contributed by atoms with van der Waals surface area (Å²) in [5.41, 5.74) is 15.8. The lowest BCUT2D eigenvalue weighted by atomic mass is 9.70. The molecule has 296 valence electrons. The first-order valence-corrected chi connectivity index (χ1v) is 22.3. The minimum absolute atomic E-state index is 0.501. The summed E-state index contributed by atoms with van der Waals surface area (Å²) < 4.78 is 0. The van der Waals surface area contributed by atoms with E-state index in [0.717, 1.165) is 17.1 Å². The second kappa shape index (κ2) is 13.4. The Balaban J connectivity index is 1.15. The lowest BCUT2D eigenvalue weighted by Gasteiger charge is -2.33. The molecule has 0 unspecified atom stereocenters. The van der Waals surface area contributed by atoms with Gasteiger partial charge in [-0.05, 0) is 140 Å². The molecule has 1 spiro atoms. The second-order valence-electron chi connectivity index (χ2n) is 17.5. The van der Waals surface area contributed by atoms with E-state index in [0.29, 0.717) is 0 Å². The van der Waals surface area contributed by atoms with Crippen LogP contribution in [0.15, 0.2) is 237 Å². The number of hydrogen-bond donors (Lipinski definition) is 0. The van der Waals surface area contributed by atoms with Gasteiger partial charge < -0.3 is 4.90 Å². The molecule has 0 N–H and O–H groups in total. The Morgan fingerprint density at radius 3 is 1.34 bits per heavy atom. The minimum atomic E-state index is -0.501. The van der Waals surface area contributed by atoms with E-state index >= 15 is 0 Å². The molecule has 0 aromatic heterocycles. The molecule has 12 aromatic carbocycles. The normalized spacial score (nSPS) is 13.1. The van der Waals surface area contributed by atoms with Crippen molar-refractivity contribution in [3.63, 3.8) is 0 Å². The summed E-state index contributed by atoms with van der Waals surface area (Å²) in [6, 6.07) is 88.8. The fourth-order valence-corrected chi connectivity index (χ4v) is 11.8. The molecule has 2 aliphatic rings. The van der Waals surface area contributed by atoms with Crippen molar-refractivity contribution in [1.29, 1.82) is 0 Å². The van der Waals surface area contributed by atoms with Gasteiger partial charge in [-0.1, -0.05) is 200 Å². The number of anilines is 3. The molecular formula is C63H39N. The summed E-state index contributed by atoms with van der Waals surface area (Å²) in [6.45, 7) is 0. The molecule has 14 rings (SSSR count). The van der Waals surface area contributed by atoms with E-state index in [2.05, 4.69) is 241 Å². The molecule has 0 heterocycles. The van der Waals surface area contributed by atoms with Gasteiger partial charge in [-0.3, -0.25) is 0 Å². The van der Waals surface area contributed by atoms with Crippen LogP contribution < -0.4 is 4.90 Å². The summed E-state index contributed by atoms with van der Waals surface area (Å²) >= 11 is 0. The number of hydrogen-bond acceptors (Lipinski definition) is 1. The maximum Gasteiger partial charge on any atom is 0.0726 e. The Labute approximate surface area is 371 Å². The van der Waals surface area contributed by atoms with Gasteiger partial charge >= 0.3 is 0 Å². The molecule has 0 bridgehead atoms. The quantitative estimate of drug-likeness (QED) is 0.160. The van der Waals surface area contributed by atoms with Gasteiger partial charge in [0.1, 0.15) is 0 Å². The highest BCUT2D eigenvalue weighted by Crippen LogP contribution is 2.64. The van der Waals surface area contributed by atoms with Gasteiger partial charge in [0, 0.05) is 16.9 Å². The summed E-state index contributed by atoms with van der Waals surface area (Å²) in [6.07, 6.45) is 0. The summed E-state index contributed by atoms with van der Waals surface area (Å²) in [5.74, 6) is 0. The van der Waals surface area contributed by atoms with Gasteiger partial charge in [0.15, 0.2) is 0 Å². The SMILES string of the molecule is c1ccc2c(c1)-c1ccccc1C21c2ccccc2-c2cc(-c3cccc4ccccc34)c(N(c3ccc4ccccc4c3)c3ccc4c5ccccc5c5ccccc5c4c3)cc21. The second-order valence-corrected chi connectivity index (χ2v) is 17.5. The third kappa shape index (κ3) is 4.79. The van der Waals surface area contributed by atoms with Gasteiger partial charge in [0.05, 0.1) is 11.1 Å². The Morgan fingerprint density at radius 2 is 0.688 bits per heavy atom. The van der Waals surface area contributed by atoms with Crippen molar-refractivity contribution in [3.05, 3.63) is 259 Å². The molecule has 0 saturated heterocycles. The maximum atomic E-state index is 2.57. The number of rotatable bonds is 4. The monoisotopic (exact) mass is 809 g/mol. The van der Waals surface area contributed by atoms with E-state index in [-0.39, 0.29) is 0 Å². The number of benzene rings is 12. The van der Waals surface area contributed by atoms with Crippen LogP contribution in [0, 0.1) is 0 Å². The molecule has 0 atom stereocenters. The molecule has 0 radical (unpaired) electrons. The molecule has 12 aromatic rings. The van der Waals surface area contributed by atoms with Gasteiger partial charge in [-0.15, -0.1) is 0 Å². The summed E-state index contributed by atoms with van der Waals surface area (Å²) in [5, 5.41) is 12.5. The fourth-order valence-electron chi connectivity index (χ4n) is 11.8. The molecule has 1 nitrogen and oxygen atoms in total. The average molecular weight is 810 g/mol. The zero-order valence-electron chi connectivity index (χ0n) is 35.0. The van der Waals surface area contributed by atoms with E-state index in [4.69, 9.17) is 0 Å². The maximum absolute atomic E-state index is 2.57. The molecule has 0 aliphatic heterocycles. The number of nitrogens with zero attached hydrogens (tertiary/aromatic N) is 1. The molecule has 0 amide bonds. The van der Waals surface area contributed by atoms with Gasteiger partial charge in [-0.2, -0.15) is 0 Å². The fraction of sp³-hybridized carbons (Fsp3) is 0.0159. The molecular weight excluding hydrogens is 771 g/mol. The van der Waals surface area contributed by atoms with Crippen LogP contribution >= 0.6 is 0 Å². The Kier molecular flexibility index (Phi) is 7.38. The third-order valence-electron chi connectivity index (χ3n) is 14.4. The zero-order valence-corrected chi connectivity index (χ0v) is 35.0. The van der Waals surface area contributed by atoms with E-state index in [1.807, 2.05) is 0 Å². The molecule has 1 heteroatoms. The van der Waals surface area contributed by atoms with Crippen LogP contribution in [-0.2, 0) is 5.41 Å². The van der Waals surface area contributed by atoms with Crippen LogP contribution in [0.4, 0.5) is 17.1 Å². The van der Waals surface area contributed by atoms with Crippen LogP contribution in [0.5, 0.6) is 0 Å². The Bertz CT molecular complexity index is 3840. The van der Waals surface area contributed by atoms with Gasteiger partial charge in [-0.25, -0.2) is 0 Å².